The van der Waals surface area contributed by atoms with E-state index in [0.717, 1.165) is 94.3 Å². The van der Waals surface area contributed by atoms with Crippen molar-refractivity contribution in [2.24, 2.45) is 0 Å². The maximum absolute atomic E-state index is 6.98. The highest BCUT2D eigenvalue weighted by molar-refractivity contribution is 7.25. The maximum atomic E-state index is 6.98. The van der Waals surface area contributed by atoms with Crippen molar-refractivity contribution in [3.63, 3.8) is 0 Å². The van der Waals surface area contributed by atoms with Crippen LogP contribution >= 0.6 is 11.3 Å². The number of rotatable bonds is 6. The third-order valence-electron chi connectivity index (χ3n) is 11.5. The molecule has 12 rings (SSSR count). The van der Waals surface area contributed by atoms with E-state index in [4.69, 9.17) is 8.83 Å². The summed E-state index contributed by atoms with van der Waals surface area (Å²) < 4.78 is 16.4. The molecule has 0 radical (unpaired) electrons. The van der Waals surface area contributed by atoms with Crippen LogP contribution in [0.2, 0.25) is 0 Å². The van der Waals surface area contributed by atoms with Gasteiger partial charge in [-0.05, 0) is 65.2 Å². The molecule has 0 aliphatic heterocycles. The van der Waals surface area contributed by atoms with Crippen molar-refractivity contribution in [1.82, 2.24) is 0 Å². The lowest BCUT2D eigenvalue weighted by molar-refractivity contribution is 0.670. The molecule has 0 saturated carbocycles. The predicted octanol–water partition coefficient (Wildman–Crippen LogP) is 16.3. The number of anilines is 3. The van der Waals surface area contributed by atoms with E-state index in [0.29, 0.717) is 0 Å². The molecule has 3 heterocycles. The van der Waals surface area contributed by atoms with E-state index in [-0.39, 0.29) is 0 Å². The largest absolute Gasteiger partial charge is 0.455 e. The lowest BCUT2D eigenvalue weighted by atomic mass is 9.95. The first-order valence-electron chi connectivity index (χ1n) is 19.6. The van der Waals surface area contributed by atoms with Crippen LogP contribution in [0, 0.1) is 0 Å². The molecular weight excluding hydrogens is 727 g/mol. The molecule has 272 valence electrons. The molecule has 0 amide bonds. The third-order valence-corrected chi connectivity index (χ3v) is 12.6. The van der Waals surface area contributed by atoms with Crippen LogP contribution in [0.15, 0.2) is 209 Å². The Hall–Kier alpha value is -7.40. The molecule has 58 heavy (non-hydrogen) atoms. The second kappa shape index (κ2) is 13.1. The SMILES string of the molecule is c1ccc(-c2ccc3oc4c(-c5ccccc5)cccc4c3c2N(c2ccc3c(c2)sc2ccccc23)c2ccc(-c3ccccc3)c3oc4ccccc4c23)cc1. The summed E-state index contributed by atoms with van der Waals surface area (Å²) in [4.78, 5) is 2.47. The van der Waals surface area contributed by atoms with Gasteiger partial charge in [0, 0.05) is 53.3 Å². The Kier molecular flexibility index (Phi) is 7.40. The number of nitrogens with zero attached hydrogens (tertiary/aromatic N) is 1. The van der Waals surface area contributed by atoms with Gasteiger partial charge in [0.25, 0.3) is 0 Å². The van der Waals surface area contributed by atoms with E-state index in [1.165, 1.54) is 20.2 Å². The van der Waals surface area contributed by atoms with Gasteiger partial charge < -0.3 is 13.7 Å². The quantitative estimate of drug-likeness (QED) is 0.169. The van der Waals surface area contributed by atoms with Crippen LogP contribution in [-0.2, 0) is 0 Å². The average molecular weight is 760 g/mol. The molecule has 0 spiro atoms. The van der Waals surface area contributed by atoms with Gasteiger partial charge in [0.05, 0.1) is 22.1 Å². The zero-order valence-electron chi connectivity index (χ0n) is 31.2. The van der Waals surface area contributed by atoms with Gasteiger partial charge in [0.1, 0.15) is 22.3 Å². The smallest absolute Gasteiger partial charge is 0.145 e. The highest BCUT2D eigenvalue weighted by Crippen LogP contribution is 2.53. The predicted molar refractivity (Wildman–Crippen MR) is 245 cm³/mol. The zero-order valence-corrected chi connectivity index (χ0v) is 32.0. The van der Waals surface area contributed by atoms with Crippen molar-refractivity contribution < 1.29 is 8.83 Å². The first-order chi connectivity index (χ1) is 28.8. The zero-order chi connectivity index (χ0) is 38.2. The fourth-order valence-electron chi connectivity index (χ4n) is 8.88. The molecule has 0 bridgehead atoms. The molecule has 4 heteroatoms. The topological polar surface area (TPSA) is 29.5 Å². The van der Waals surface area contributed by atoms with Gasteiger partial charge >= 0.3 is 0 Å². The summed E-state index contributed by atoms with van der Waals surface area (Å²) >= 11 is 1.84. The molecule has 0 aliphatic rings. The summed E-state index contributed by atoms with van der Waals surface area (Å²) in [6.45, 7) is 0. The van der Waals surface area contributed by atoms with Crippen molar-refractivity contribution in [2.45, 2.75) is 0 Å². The number of para-hydroxylation sites is 2. The Balaban J connectivity index is 1.25. The van der Waals surface area contributed by atoms with Gasteiger partial charge in [0.15, 0.2) is 0 Å². The summed E-state index contributed by atoms with van der Waals surface area (Å²) in [6, 6.07) is 71.3. The average Bonchev–Trinajstić information content (AvgIpc) is 3.99. The van der Waals surface area contributed by atoms with Gasteiger partial charge in [-0.25, -0.2) is 0 Å². The van der Waals surface area contributed by atoms with Crippen LogP contribution in [0.1, 0.15) is 0 Å². The summed E-state index contributed by atoms with van der Waals surface area (Å²) in [5, 5.41) is 6.77. The van der Waals surface area contributed by atoms with Gasteiger partial charge in [-0.3, -0.25) is 0 Å². The number of benzene rings is 9. The van der Waals surface area contributed by atoms with Crippen LogP contribution in [0.25, 0.3) is 97.4 Å². The first-order valence-corrected chi connectivity index (χ1v) is 20.4. The van der Waals surface area contributed by atoms with Crippen LogP contribution in [0.5, 0.6) is 0 Å². The Bertz CT molecular complexity index is 3510. The molecule has 3 nitrogen and oxygen atoms in total. The van der Waals surface area contributed by atoms with E-state index in [1.807, 2.05) is 11.3 Å². The highest BCUT2D eigenvalue weighted by Gasteiger charge is 2.28. The Morgan fingerprint density at radius 1 is 0.362 bits per heavy atom. The minimum Gasteiger partial charge on any atom is -0.455 e. The van der Waals surface area contributed by atoms with Crippen molar-refractivity contribution in [3.05, 3.63) is 200 Å². The van der Waals surface area contributed by atoms with Crippen LogP contribution in [0.4, 0.5) is 17.1 Å². The molecule has 3 aromatic heterocycles. The minimum absolute atomic E-state index is 0.829. The summed E-state index contributed by atoms with van der Waals surface area (Å²) in [5.74, 6) is 0. The summed E-state index contributed by atoms with van der Waals surface area (Å²) in [6.07, 6.45) is 0. The van der Waals surface area contributed by atoms with Gasteiger partial charge in [-0.1, -0.05) is 152 Å². The van der Waals surface area contributed by atoms with Gasteiger partial charge in [0.2, 0.25) is 0 Å². The molecule has 0 atom stereocenters. The Labute approximate surface area is 338 Å². The van der Waals surface area contributed by atoms with Crippen molar-refractivity contribution in [3.8, 4) is 33.4 Å². The van der Waals surface area contributed by atoms with E-state index in [1.54, 1.807) is 0 Å². The number of thiophene rings is 1. The third kappa shape index (κ3) is 5.05. The Morgan fingerprint density at radius 3 is 1.71 bits per heavy atom. The molecule has 0 aliphatic carbocycles. The number of hydrogen-bond donors (Lipinski definition) is 0. The molecule has 0 N–H and O–H groups in total. The molecule has 12 aromatic rings. The monoisotopic (exact) mass is 759 g/mol. The fraction of sp³-hybridized carbons (Fsp3) is 0. The second-order valence-corrected chi connectivity index (χ2v) is 15.8. The van der Waals surface area contributed by atoms with Gasteiger partial charge in [-0.2, -0.15) is 0 Å². The maximum Gasteiger partial charge on any atom is 0.145 e. The molecule has 0 saturated heterocycles. The van der Waals surface area contributed by atoms with E-state index >= 15 is 0 Å². The Morgan fingerprint density at radius 2 is 0.948 bits per heavy atom. The number of fused-ring (bicyclic) bond motifs is 9. The highest BCUT2D eigenvalue weighted by atomic mass is 32.1. The van der Waals surface area contributed by atoms with E-state index in [2.05, 4.69) is 205 Å². The molecule has 0 unspecified atom stereocenters. The van der Waals surface area contributed by atoms with Crippen molar-refractivity contribution in [1.29, 1.82) is 0 Å². The van der Waals surface area contributed by atoms with Crippen LogP contribution in [-0.4, -0.2) is 0 Å². The van der Waals surface area contributed by atoms with Crippen LogP contribution < -0.4 is 4.90 Å². The number of hydrogen-bond acceptors (Lipinski definition) is 4. The lowest BCUT2D eigenvalue weighted by Gasteiger charge is -2.29. The van der Waals surface area contributed by atoms with Crippen molar-refractivity contribution in [2.75, 3.05) is 4.90 Å². The fourth-order valence-corrected chi connectivity index (χ4v) is 10.0. The van der Waals surface area contributed by atoms with E-state index < -0.39 is 0 Å². The summed E-state index contributed by atoms with van der Waals surface area (Å²) in [7, 11) is 0. The van der Waals surface area contributed by atoms with Gasteiger partial charge in [-0.15, -0.1) is 11.3 Å². The summed E-state index contributed by atoms with van der Waals surface area (Å²) in [5.41, 5.74) is 13.1. The second-order valence-electron chi connectivity index (χ2n) is 14.8. The minimum atomic E-state index is 0.829. The van der Waals surface area contributed by atoms with Crippen molar-refractivity contribution >= 4 is 92.4 Å². The normalized spacial score (nSPS) is 11.8. The van der Waals surface area contributed by atoms with Crippen LogP contribution in [0.3, 0.4) is 0 Å². The molecular formula is C54H33NO2S. The number of furan rings is 2. The lowest BCUT2D eigenvalue weighted by Crippen LogP contribution is -2.12. The van der Waals surface area contributed by atoms with E-state index in [9.17, 15) is 0 Å². The standard InChI is InChI=1S/C54H33NO2S/c1-4-15-34(16-5-1)38-30-32-47-51(44-24-14-23-39(53(44)57-47)35-17-6-2-7-18-35)52(38)55(37-27-28-42-41-21-11-13-26-48(41)58-49(42)33-37)45-31-29-40(36-19-8-3-9-20-36)54-50(45)43-22-10-12-25-46(43)56-54/h1-33H. The molecule has 9 aromatic carbocycles. The first kappa shape index (κ1) is 32.8. The molecule has 0 fully saturated rings.